The fraction of sp³-hybridized carbons (Fsp3) is 0.417. The van der Waals surface area contributed by atoms with E-state index in [9.17, 15) is 4.79 Å². The highest BCUT2D eigenvalue weighted by Gasteiger charge is 2.19. The van der Waals surface area contributed by atoms with Gasteiger partial charge in [-0.15, -0.1) is 0 Å². The summed E-state index contributed by atoms with van der Waals surface area (Å²) in [4.78, 5) is 16.9. The maximum absolute atomic E-state index is 12.3. The van der Waals surface area contributed by atoms with Crippen LogP contribution in [0.5, 0.6) is 0 Å². The molecular weight excluding hydrogens is 334 g/mol. The van der Waals surface area contributed by atoms with Gasteiger partial charge in [-0.05, 0) is 41.9 Å². The normalized spacial score (nSPS) is 13.7. The molecule has 0 amide bonds. The molecule has 0 radical (unpaired) electrons. The first-order valence-electron chi connectivity index (χ1n) is 9.82. The van der Waals surface area contributed by atoms with Gasteiger partial charge in [0.2, 0.25) is 0 Å². The second-order valence-corrected chi connectivity index (χ2v) is 7.33. The van der Waals surface area contributed by atoms with E-state index in [1.165, 1.54) is 11.1 Å². The maximum Gasteiger partial charge on any atom is 0.331 e. The second kappa shape index (κ2) is 10.7. The van der Waals surface area contributed by atoms with Crippen LogP contribution in [0, 0.1) is 5.92 Å². The van der Waals surface area contributed by atoms with E-state index in [1.807, 2.05) is 43.5 Å². The van der Waals surface area contributed by atoms with E-state index in [-0.39, 0.29) is 11.9 Å². The second-order valence-electron chi connectivity index (χ2n) is 7.33. The Bertz CT molecular complexity index is 720. The van der Waals surface area contributed by atoms with Gasteiger partial charge in [-0.25, -0.2) is 4.79 Å². The van der Waals surface area contributed by atoms with E-state index >= 15 is 0 Å². The molecule has 144 valence electrons. The highest BCUT2D eigenvalue weighted by atomic mass is 16.5. The highest BCUT2D eigenvalue weighted by molar-refractivity contribution is 5.78. The van der Waals surface area contributed by atoms with E-state index < -0.39 is 6.04 Å². The van der Waals surface area contributed by atoms with Crippen molar-refractivity contribution in [2.45, 2.75) is 52.5 Å². The number of ether oxygens (including phenoxy) is 1. The van der Waals surface area contributed by atoms with Gasteiger partial charge in [0.15, 0.2) is 6.04 Å². The van der Waals surface area contributed by atoms with Gasteiger partial charge in [-0.2, -0.15) is 0 Å². The molecule has 2 aromatic rings. The van der Waals surface area contributed by atoms with Crippen LogP contribution in [0.15, 0.2) is 59.6 Å². The van der Waals surface area contributed by atoms with Crippen molar-refractivity contribution >= 4 is 12.2 Å². The first-order chi connectivity index (χ1) is 13.0. The van der Waals surface area contributed by atoms with Crippen LogP contribution < -0.4 is 0 Å². The summed E-state index contributed by atoms with van der Waals surface area (Å²) in [6, 6.07) is 18.2. The summed E-state index contributed by atoms with van der Waals surface area (Å²) in [7, 11) is 0. The van der Waals surface area contributed by atoms with Gasteiger partial charge in [0, 0.05) is 12.6 Å². The number of benzene rings is 2. The Morgan fingerprint density at radius 2 is 1.59 bits per heavy atom. The largest absolute Gasteiger partial charge is 0.464 e. The Hall–Kier alpha value is -2.42. The van der Waals surface area contributed by atoms with Crippen molar-refractivity contribution in [1.29, 1.82) is 0 Å². The molecule has 2 aromatic carbocycles. The third-order valence-corrected chi connectivity index (χ3v) is 4.56. The van der Waals surface area contributed by atoms with Gasteiger partial charge < -0.3 is 4.74 Å². The Morgan fingerprint density at radius 1 is 0.963 bits per heavy atom. The molecule has 0 aliphatic heterocycles. The van der Waals surface area contributed by atoms with Crippen LogP contribution >= 0.6 is 0 Å². The predicted molar refractivity (Wildman–Crippen MR) is 112 cm³/mol. The number of esters is 1. The Kier molecular flexibility index (Phi) is 8.25. The lowest BCUT2D eigenvalue weighted by atomic mass is 9.97. The first kappa shape index (κ1) is 20.9. The lowest BCUT2D eigenvalue weighted by molar-refractivity contribution is -0.144. The minimum Gasteiger partial charge on any atom is -0.464 e. The summed E-state index contributed by atoms with van der Waals surface area (Å²) in [5.74, 6) is 0.537. The van der Waals surface area contributed by atoms with Crippen LogP contribution in [0.2, 0.25) is 0 Å². The molecule has 3 heteroatoms. The fourth-order valence-electron chi connectivity index (χ4n) is 2.99. The monoisotopic (exact) mass is 365 g/mol. The molecule has 2 unspecified atom stereocenters. The van der Waals surface area contributed by atoms with Gasteiger partial charge in [0.1, 0.15) is 0 Å². The standard InChI is InChI=1S/C24H31NO2/c1-5-27-24(26)23(16-20-9-7-6-8-10-20)25-17-19(4)15-21-11-13-22(14-12-21)18(2)3/h6-14,17-19,23H,5,15-16H2,1-4H3. The lowest BCUT2D eigenvalue weighted by Crippen LogP contribution is -2.24. The molecule has 0 spiro atoms. The van der Waals surface area contributed by atoms with Crippen molar-refractivity contribution in [2.75, 3.05) is 6.61 Å². The van der Waals surface area contributed by atoms with Crippen LogP contribution in [0.4, 0.5) is 0 Å². The third-order valence-electron chi connectivity index (χ3n) is 4.56. The number of carbonyl (C=O) groups excluding carboxylic acids is 1. The van der Waals surface area contributed by atoms with Crippen molar-refractivity contribution in [3.05, 3.63) is 71.3 Å². The van der Waals surface area contributed by atoms with Crippen LogP contribution in [-0.2, 0) is 22.4 Å². The number of rotatable bonds is 9. The molecule has 0 heterocycles. The lowest BCUT2D eigenvalue weighted by Gasteiger charge is -2.13. The van der Waals surface area contributed by atoms with E-state index in [0.29, 0.717) is 18.9 Å². The minimum absolute atomic E-state index is 0.252. The van der Waals surface area contributed by atoms with Crippen LogP contribution in [0.3, 0.4) is 0 Å². The molecule has 0 saturated heterocycles. The van der Waals surface area contributed by atoms with E-state index in [1.54, 1.807) is 0 Å². The first-order valence-corrected chi connectivity index (χ1v) is 9.82. The molecule has 0 aromatic heterocycles. The van der Waals surface area contributed by atoms with Gasteiger partial charge >= 0.3 is 5.97 Å². The smallest absolute Gasteiger partial charge is 0.331 e. The molecule has 3 nitrogen and oxygen atoms in total. The predicted octanol–water partition coefficient (Wildman–Crippen LogP) is 5.23. The van der Waals surface area contributed by atoms with Crippen molar-refractivity contribution in [3.63, 3.8) is 0 Å². The summed E-state index contributed by atoms with van der Waals surface area (Å²) in [6.07, 6.45) is 3.37. The molecule has 2 rings (SSSR count). The summed E-state index contributed by atoms with van der Waals surface area (Å²) in [5.41, 5.74) is 3.73. The van der Waals surface area contributed by atoms with E-state index in [4.69, 9.17) is 4.74 Å². The SMILES string of the molecule is CCOC(=O)C(Cc1ccccc1)N=CC(C)Cc1ccc(C(C)C)cc1. The Balaban J connectivity index is 2.01. The number of hydrogen-bond acceptors (Lipinski definition) is 3. The molecule has 0 fully saturated rings. The third kappa shape index (κ3) is 7.01. The quantitative estimate of drug-likeness (QED) is 0.450. The molecule has 27 heavy (non-hydrogen) atoms. The van der Waals surface area contributed by atoms with Crippen molar-refractivity contribution in [3.8, 4) is 0 Å². The van der Waals surface area contributed by atoms with Crippen molar-refractivity contribution in [2.24, 2.45) is 10.9 Å². The Morgan fingerprint density at radius 3 is 2.19 bits per heavy atom. The van der Waals surface area contributed by atoms with Gasteiger partial charge in [-0.1, -0.05) is 75.4 Å². The topological polar surface area (TPSA) is 38.7 Å². The molecule has 0 bridgehead atoms. The number of carbonyl (C=O) groups is 1. The maximum atomic E-state index is 12.3. The minimum atomic E-state index is -0.488. The summed E-state index contributed by atoms with van der Waals surface area (Å²) >= 11 is 0. The summed E-state index contributed by atoms with van der Waals surface area (Å²) in [5, 5.41) is 0. The average Bonchev–Trinajstić information content (AvgIpc) is 2.66. The number of hydrogen-bond donors (Lipinski definition) is 0. The average molecular weight is 366 g/mol. The molecule has 2 atom stereocenters. The zero-order valence-corrected chi connectivity index (χ0v) is 16.9. The van der Waals surface area contributed by atoms with Crippen LogP contribution in [0.1, 0.15) is 50.3 Å². The van der Waals surface area contributed by atoms with E-state index in [2.05, 4.69) is 50.0 Å². The van der Waals surface area contributed by atoms with Crippen LogP contribution in [0.25, 0.3) is 0 Å². The Labute approximate surface area is 163 Å². The van der Waals surface area contributed by atoms with Gasteiger partial charge in [0.25, 0.3) is 0 Å². The molecule has 0 N–H and O–H groups in total. The number of nitrogens with zero attached hydrogens (tertiary/aromatic N) is 1. The summed E-state index contributed by atoms with van der Waals surface area (Å²) < 4.78 is 5.21. The fourth-order valence-corrected chi connectivity index (χ4v) is 2.99. The van der Waals surface area contributed by atoms with E-state index in [0.717, 1.165) is 12.0 Å². The van der Waals surface area contributed by atoms with Gasteiger partial charge in [0.05, 0.1) is 6.61 Å². The zero-order valence-electron chi connectivity index (χ0n) is 16.9. The van der Waals surface area contributed by atoms with Gasteiger partial charge in [-0.3, -0.25) is 4.99 Å². The highest BCUT2D eigenvalue weighted by Crippen LogP contribution is 2.16. The van der Waals surface area contributed by atoms with Crippen molar-refractivity contribution < 1.29 is 9.53 Å². The molecule has 0 saturated carbocycles. The molecular formula is C24H31NO2. The molecule has 0 aliphatic rings. The zero-order chi connectivity index (χ0) is 19.6. The summed E-state index contributed by atoms with van der Waals surface area (Å²) in [6.45, 7) is 8.73. The van der Waals surface area contributed by atoms with Crippen molar-refractivity contribution in [1.82, 2.24) is 0 Å². The molecule has 0 aliphatic carbocycles. The van der Waals surface area contributed by atoms with Crippen LogP contribution in [-0.4, -0.2) is 24.8 Å². The number of aliphatic imine (C=N–C) groups is 1.